The van der Waals surface area contributed by atoms with Gasteiger partial charge in [-0.1, -0.05) is 311 Å². The molecule has 0 atom stereocenters. The number of carbonyl (C=O) groups is 2. The zero-order valence-electron chi connectivity index (χ0n) is 66.9. The van der Waals surface area contributed by atoms with Crippen molar-refractivity contribution in [2.24, 2.45) is 20.5 Å². The van der Waals surface area contributed by atoms with Gasteiger partial charge in [0.1, 0.15) is 24.7 Å². The summed E-state index contributed by atoms with van der Waals surface area (Å²) in [5.41, 5.74) is 6.01. The minimum Gasteiger partial charge on any atom is -0.489 e. The quantitative estimate of drug-likeness (QED) is 0.0290. The summed E-state index contributed by atoms with van der Waals surface area (Å²) in [5, 5.41) is 24.3. The van der Waals surface area contributed by atoms with E-state index in [1.54, 1.807) is 0 Å². The zero-order chi connectivity index (χ0) is 74.4. The first-order valence-corrected chi connectivity index (χ1v) is 43.0. The third-order valence-corrected chi connectivity index (χ3v) is 19.9. The van der Waals surface area contributed by atoms with Crippen molar-refractivity contribution >= 4 is 45.9 Å². The van der Waals surface area contributed by atoms with Crippen LogP contribution in [-0.4, -0.2) is 31.6 Å². The van der Waals surface area contributed by atoms with Crippen LogP contribution in [0.5, 0.6) is 28.7 Å². The number of anilines is 2. The Hall–Kier alpha value is -6.76. The Morgan fingerprint density at radius 3 is 0.733 bits per heavy atom. The first kappa shape index (κ1) is 88.9. The first-order chi connectivity index (χ1) is 51.8. The number of carbonyl (C=O) groups excluding carboxylic acids is 2. The van der Waals surface area contributed by atoms with Gasteiger partial charge in [-0.15, -0.1) is 0 Å². The summed E-state index contributed by atoms with van der Waals surface area (Å²) in [6.07, 6.45) is 60.2. The topological polar surface area (TPSA) is 154 Å². The average molecular weight is 1450 g/mol. The lowest BCUT2D eigenvalue weighted by atomic mass is 10.1. The lowest BCUT2D eigenvalue weighted by Crippen LogP contribution is -2.12. The molecule has 0 bridgehead atoms. The highest BCUT2D eigenvalue weighted by Crippen LogP contribution is 2.45. The monoisotopic (exact) mass is 1450 g/mol. The minimum atomic E-state index is 0.0490. The third kappa shape index (κ3) is 43.6. The number of hydrogen-bond acceptors (Lipinski definition) is 11. The molecule has 13 nitrogen and oxygen atoms in total. The maximum absolute atomic E-state index is 12.7. The predicted molar refractivity (Wildman–Crippen MR) is 442 cm³/mol. The van der Waals surface area contributed by atoms with Crippen LogP contribution in [-0.2, 0) is 22.8 Å². The predicted octanol–water partition coefficient (Wildman–Crippen LogP) is 30.3. The minimum absolute atomic E-state index is 0.0490. The van der Waals surface area contributed by atoms with Crippen molar-refractivity contribution in [2.75, 3.05) is 30.5 Å². The smallest absolute Gasteiger partial charge is 0.224 e. The molecular formula is C92H144N6O7. The number of rotatable bonds is 68. The fraction of sp³-hybridized carbons (Fsp3) is 0.652. The highest BCUT2D eigenvalue weighted by atomic mass is 16.5. The van der Waals surface area contributed by atoms with Crippen LogP contribution in [0, 0.1) is 0 Å². The van der Waals surface area contributed by atoms with Crippen molar-refractivity contribution in [1.82, 2.24) is 0 Å². The van der Waals surface area contributed by atoms with E-state index in [2.05, 4.69) is 71.8 Å². The van der Waals surface area contributed by atoms with Crippen molar-refractivity contribution in [2.45, 2.75) is 369 Å². The van der Waals surface area contributed by atoms with Crippen LogP contribution in [0.15, 0.2) is 124 Å². The van der Waals surface area contributed by atoms with Crippen molar-refractivity contribution in [1.29, 1.82) is 0 Å². The van der Waals surface area contributed by atoms with Crippen LogP contribution < -0.4 is 34.3 Å². The second-order valence-corrected chi connectivity index (χ2v) is 29.6. The second-order valence-electron chi connectivity index (χ2n) is 29.6. The SMILES string of the molecule is CCCCCCCCCCCCOc1c(COc2ccc(N=Nc3ccc(NC(=O)CCCCCCCCCCC)cc3)cc2)cc(COc2ccc(N=Nc3ccc(NC(=O)CCCCCCCCCCC)cc3)cc2)c(OCCCCCCCCCCCC)c1OCCCCCCCCCCCC. The fourth-order valence-corrected chi connectivity index (χ4v) is 13.3. The largest absolute Gasteiger partial charge is 0.489 e. The van der Waals surface area contributed by atoms with Crippen LogP contribution in [0.1, 0.15) is 367 Å². The normalized spacial score (nSPS) is 11.5. The molecule has 0 saturated carbocycles. The Morgan fingerprint density at radius 2 is 0.476 bits per heavy atom. The zero-order valence-corrected chi connectivity index (χ0v) is 66.9. The van der Waals surface area contributed by atoms with E-state index in [1.165, 1.54) is 244 Å². The molecule has 2 N–H and O–H groups in total. The van der Waals surface area contributed by atoms with E-state index >= 15 is 0 Å². The van der Waals surface area contributed by atoms with Gasteiger partial charge in [0.25, 0.3) is 0 Å². The molecule has 0 radical (unpaired) electrons. The standard InChI is InChI=1S/C92H144N6O7/c1-6-11-16-21-26-31-36-41-46-51-72-101-90-78(76-104-86-68-64-84(65-69-86)97-95-82-60-56-80(57-61-82)93-88(99)54-49-44-39-34-29-24-19-14-9-4)75-79(91(102-73-52-47-42-37-32-27-22-17-12-7-2)92(90)103-74-53-48-43-38-33-28-23-18-13-8-3)77-105-87-70-66-85(67-71-87)98-96-83-62-58-81(59-63-83)94-89(100)55-50-45-40-35-30-25-20-15-10-5/h56-71,75H,6-55,72-74,76-77H2,1-5H3,(H,93,99)(H,94,100). The van der Waals surface area contributed by atoms with Gasteiger partial charge in [-0.25, -0.2) is 0 Å². The molecule has 0 heterocycles. The highest BCUT2D eigenvalue weighted by molar-refractivity contribution is 5.91. The average Bonchev–Trinajstić information content (AvgIpc) is 0.792. The van der Waals surface area contributed by atoms with Crippen LogP contribution in [0.2, 0.25) is 0 Å². The van der Waals surface area contributed by atoms with E-state index in [0.717, 1.165) is 86.7 Å². The Morgan fingerprint density at radius 1 is 0.257 bits per heavy atom. The molecule has 0 unspecified atom stereocenters. The van der Waals surface area contributed by atoms with E-state index in [9.17, 15) is 9.59 Å². The number of azo groups is 2. The summed E-state index contributed by atoms with van der Waals surface area (Å²) in [4.78, 5) is 25.5. The molecule has 0 aromatic heterocycles. The maximum atomic E-state index is 12.7. The van der Waals surface area contributed by atoms with Crippen LogP contribution in [0.25, 0.3) is 0 Å². The summed E-state index contributed by atoms with van der Waals surface area (Å²) < 4.78 is 34.5. The number of nitrogens with one attached hydrogen (secondary N) is 2. The number of unbranched alkanes of at least 4 members (excludes halogenated alkanes) is 43. The van der Waals surface area contributed by atoms with E-state index in [0.29, 0.717) is 84.2 Å². The summed E-state index contributed by atoms with van der Waals surface area (Å²) in [6, 6.07) is 32.6. The summed E-state index contributed by atoms with van der Waals surface area (Å²) in [6.45, 7) is 13.4. The number of hydrogen-bond donors (Lipinski definition) is 2. The van der Waals surface area contributed by atoms with Gasteiger partial charge in [-0.05, 0) is 135 Å². The molecule has 0 fully saturated rings. The van der Waals surface area contributed by atoms with Gasteiger partial charge in [-0.2, -0.15) is 20.5 Å². The van der Waals surface area contributed by atoms with Gasteiger partial charge in [0.15, 0.2) is 11.5 Å². The van der Waals surface area contributed by atoms with Crippen molar-refractivity contribution in [3.8, 4) is 28.7 Å². The summed E-state index contributed by atoms with van der Waals surface area (Å²) in [7, 11) is 0. The van der Waals surface area contributed by atoms with Gasteiger partial charge in [0.2, 0.25) is 17.6 Å². The molecule has 0 saturated heterocycles. The summed E-state index contributed by atoms with van der Waals surface area (Å²) in [5.74, 6) is 3.44. The molecule has 5 aromatic carbocycles. The van der Waals surface area contributed by atoms with E-state index < -0.39 is 0 Å². The second kappa shape index (κ2) is 61.3. The molecule has 584 valence electrons. The molecule has 0 spiro atoms. The number of benzene rings is 5. The van der Waals surface area contributed by atoms with Crippen molar-refractivity contribution < 1.29 is 33.3 Å². The van der Waals surface area contributed by atoms with Gasteiger partial charge in [0.05, 0.1) is 42.6 Å². The van der Waals surface area contributed by atoms with Crippen molar-refractivity contribution in [3.63, 3.8) is 0 Å². The molecule has 5 aromatic rings. The Bertz CT molecular complexity index is 2800. The Balaban J connectivity index is 1.34. The lowest BCUT2D eigenvalue weighted by Gasteiger charge is -2.23. The number of ether oxygens (including phenoxy) is 5. The highest BCUT2D eigenvalue weighted by Gasteiger charge is 2.24. The van der Waals surface area contributed by atoms with Crippen LogP contribution in [0.3, 0.4) is 0 Å². The molecular weight excluding hydrogens is 1300 g/mol. The van der Waals surface area contributed by atoms with Gasteiger partial charge in [0, 0.05) is 35.3 Å². The van der Waals surface area contributed by atoms with E-state index in [4.69, 9.17) is 23.7 Å². The van der Waals surface area contributed by atoms with E-state index in [1.807, 2.05) is 97.1 Å². The first-order valence-electron chi connectivity index (χ1n) is 43.0. The molecule has 0 aliphatic heterocycles. The number of nitrogens with zero attached hydrogens (tertiary/aromatic N) is 4. The molecule has 5 rings (SSSR count). The third-order valence-electron chi connectivity index (χ3n) is 19.9. The lowest BCUT2D eigenvalue weighted by molar-refractivity contribution is -0.117. The van der Waals surface area contributed by atoms with Crippen LogP contribution >= 0.6 is 0 Å². The summed E-state index contributed by atoms with van der Waals surface area (Å²) >= 11 is 0. The molecule has 2 amide bonds. The van der Waals surface area contributed by atoms with Gasteiger partial charge < -0.3 is 34.3 Å². The van der Waals surface area contributed by atoms with Gasteiger partial charge >= 0.3 is 0 Å². The Kier molecular flexibility index (Phi) is 51.9. The molecule has 13 heteroatoms. The maximum Gasteiger partial charge on any atom is 0.224 e. The molecule has 105 heavy (non-hydrogen) atoms. The fourth-order valence-electron chi connectivity index (χ4n) is 13.3. The Labute approximate surface area is 638 Å². The molecule has 0 aliphatic carbocycles. The van der Waals surface area contributed by atoms with E-state index in [-0.39, 0.29) is 25.0 Å². The van der Waals surface area contributed by atoms with Gasteiger partial charge in [-0.3, -0.25) is 9.59 Å². The van der Waals surface area contributed by atoms with Crippen LogP contribution in [0.4, 0.5) is 34.1 Å². The molecule has 0 aliphatic rings. The van der Waals surface area contributed by atoms with Crippen molar-refractivity contribution in [3.05, 3.63) is 114 Å². The number of amides is 2.